The molecular weight excluding hydrogens is 312 g/mol. The summed E-state index contributed by atoms with van der Waals surface area (Å²) in [5.41, 5.74) is 1.91. The molecule has 2 rings (SSSR count). The van der Waals surface area contributed by atoms with Gasteiger partial charge in [-0.1, -0.05) is 17.7 Å². The Morgan fingerprint density at radius 3 is 2.62 bits per heavy atom. The number of nitrogens with zero attached hydrogens (tertiary/aromatic N) is 2. The lowest BCUT2D eigenvalue weighted by Crippen LogP contribution is -2.14. The molecule has 1 aromatic heterocycles. The number of benzene rings is 1. The number of rotatable bonds is 5. The van der Waals surface area contributed by atoms with Gasteiger partial charge >= 0.3 is 0 Å². The molecule has 114 valence electrons. The molecule has 0 fully saturated rings. The number of hydrogen-bond donors (Lipinski definition) is 2. The summed E-state index contributed by atoms with van der Waals surface area (Å²) in [6.07, 6.45) is 1.61. The van der Waals surface area contributed by atoms with Crippen molar-refractivity contribution >= 4 is 27.3 Å². The highest BCUT2D eigenvalue weighted by Gasteiger charge is 2.18. The van der Waals surface area contributed by atoms with Crippen molar-refractivity contribution in [3.8, 4) is 0 Å². The van der Waals surface area contributed by atoms with Crippen molar-refractivity contribution in [3.63, 3.8) is 0 Å². The fraction of sp³-hybridized carbons (Fsp3) is 0.308. The number of hydrogen-bond acceptors (Lipinski definition) is 4. The van der Waals surface area contributed by atoms with E-state index in [2.05, 4.69) is 15.1 Å². The molecule has 0 aliphatic carbocycles. The largest absolute Gasteiger partial charge is 0.316 e. The molecular formula is C13H17ClN4O2S. The van der Waals surface area contributed by atoms with Crippen molar-refractivity contribution in [1.82, 2.24) is 15.1 Å². The van der Waals surface area contributed by atoms with Gasteiger partial charge in [0.05, 0.1) is 16.3 Å². The Kier molecular flexibility index (Phi) is 4.55. The van der Waals surface area contributed by atoms with Gasteiger partial charge in [-0.05, 0) is 31.7 Å². The van der Waals surface area contributed by atoms with Crippen LogP contribution < -0.4 is 10.0 Å². The van der Waals surface area contributed by atoms with Crippen molar-refractivity contribution in [2.75, 3.05) is 11.8 Å². The first-order chi connectivity index (χ1) is 9.83. The van der Waals surface area contributed by atoms with Crippen LogP contribution in [0.25, 0.3) is 0 Å². The number of sulfonamides is 1. The maximum atomic E-state index is 12.4. The monoisotopic (exact) mass is 328 g/mol. The van der Waals surface area contributed by atoms with Crippen LogP contribution in [0.1, 0.15) is 11.3 Å². The summed E-state index contributed by atoms with van der Waals surface area (Å²) in [5.74, 6) is 0. The molecule has 0 amide bonds. The van der Waals surface area contributed by atoms with Crippen LogP contribution in [0.2, 0.25) is 5.02 Å². The van der Waals surface area contributed by atoms with Crippen LogP contribution in [0.4, 0.5) is 5.69 Å². The van der Waals surface area contributed by atoms with Gasteiger partial charge in [0.25, 0.3) is 10.0 Å². The predicted octanol–water partition coefficient (Wildman–Crippen LogP) is 1.90. The van der Waals surface area contributed by atoms with Crippen LogP contribution >= 0.6 is 11.6 Å². The standard InChI is InChI=1S/C13H17ClN4O2S/c1-9-13(8-18(3)16-9)17-21(19,20)11-5-4-10(7-15-2)12(14)6-11/h4-6,8,15,17H,7H2,1-3H3. The zero-order valence-corrected chi connectivity index (χ0v) is 13.6. The molecule has 0 aliphatic heterocycles. The summed E-state index contributed by atoms with van der Waals surface area (Å²) in [6.45, 7) is 2.31. The Morgan fingerprint density at radius 2 is 2.10 bits per heavy atom. The van der Waals surface area contributed by atoms with E-state index in [1.54, 1.807) is 38.0 Å². The van der Waals surface area contributed by atoms with Gasteiger partial charge in [-0.2, -0.15) is 5.10 Å². The molecule has 0 saturated carbocycles. The molecule has 21 heavy (non-hydrogen) atoms. The summed E-state index contributed by atoms with van der Waals surface area (Å²) in [6, 6.07) is 4.68. The quantitative estimate of drug-likeness (QED) is 0.879. The van der Waals surface area contributed by atoms with Crippen LogP contribution in [0.5, 0.6) is 0 Å². The lowest BCUT2D eigenvalue weighted by Gasteiger charge is -2.09. The number of aryl methyl sites for hydroxylation is 2. The van der Waals surface area contributed by atoms with Gasteiger partial charge < -0.3 is 5.32 Å². The Balaban J connectivity index is 2.31. The number of nitrogens with one attached hydrogen (secondary N) is 2. The van der Waals surface area contributed by atoms with Gasteiger partial charge in [0.1, 0.15) is 0 Å². The van der Waals surface area contributed by atoms with Crippen LogP contribution in [-0.4, -0.2) is 25.2 Å². The highest BCUT2D eigenvalue weighted by molar-refractivity contribution is 7.92. The molecule has 0 saturated heterocycles. The van der Waals surface area contributed by atoms with E-state index in [-0.39, 0.29) is 4.90 Å². The van der Waals surface area contributed by atoms with Crippen molar-refractivity contribution < 1.29 is 8.42 Å². The first-order valence-electron chi connectivity index (χ1n) is 6.29. The fourth-order valence-electron chi connectivity index (χ4n) is 1.93. The molecule has 0 unspecified atom stereocenters. The molecule has 0 aliphatic rings. The molecule has 0 spiro atoms. The SMILES string of the molecule is CNCc1ccc(S(=O)(=O)Nc2cn(C)nc2C)cc1Cl. The number of halogens is 1. The first-order valence-corrected chi connectivity index (χ1v) is 8.15. The minimum atomic E-state index is -3.68. The van der Waals surface area contributed by atoms with Gasteiger partial charge in [-0.25, -0.2) is 8.42 Å². The van der Waals surface area contributed by atoms with E-state index in [0.717, 1.165) is 5.56 Å². The Bertz CT molecular complexity index is 756. The van der Waals surface area contributed by atoms with Crippen molar-refractivity contribution in [2.24, 2.45) is 7.05 Å². The molecule has 1 heterocycles. The van der Waals surface area contributed by atoms with Gasteiger partial charge in [0, 0.05) is 24.8 Å². The Labute approximate surface area is 129 Å². The third kappa shape index (κ3) is 3.55. The predicted molar refractivity (Wildman–Crippen MR) is 83.0 cm³/mol. The summed E-state index contributed by atoms with van der Waals surface area (Å²) in [5, 5.41) is 7.49. The zero-order valence-electron chi connectivity index (χ0n) is 12.0. The lowest BCUT2D eigenvalue weighted by molar-refractivity contribution is 0.601. The third-order valence-corrected chi connectivity index (χ3v) is 4.67. The molecule has 0 bridgehead atoms. The van der Waals surface area contributed by atoms with Crippen molar-refractivity contribution in [1.29, 1.82) is 0 Å². The van der Waals surface area contributed by atoms with Gasteiger partial charge in [0.2, 0.25) is 0 Å². The van der Waals surface area contributed by atoms with Gasteiger partial charge in [-0.3, -0.25) is 9.40 Å². The summed E-state index contributed by atoms with van der Waals surface area (Å²) in [4.78, 5) is 0.121. The first kappa shape index (κ1) is 15.8. The van der Waals surface area contributed by atoms with E-state index in [4.69, 9.17) is 11.6 Å². The summed E-state index contributed by atoms with van der Waals surface area (Å²) < 4.78 is 28.8. The average molecular weight is 329 g/mol. The van der Waals surface area contributed by atoms with E-state index < -0.39 is 10.0 Å². The third-order valence-electron chi connectivity index (χ3n) is 2.96. The second-order valence-electron chi connectivity index (χ2n) is 4.69. The lowest BCUT2D eigenvalue weighted by atomic mass is 10.2. The molecule has 2 aromatic rings. The molecule has 0 atom stereocenters. The smallest absolute Gasteiger partial charge is 0.262 e. The van der Waals surface area contributed by atoms with Crippen molar-refractivity contribution in [2.45, 2.75) is 18.4 Å². The van der Waals surface area contributed by atoms with Gasteiger partial charge in [-0.15, -0.1) is 0 Å². The minimum Gasteiger partial charge on any atom is -0.316 e. The maximum absolute atomic E-state index is 12.4. The van der Waals surface area contributed by atoms with Crippen LogP contribution in [0.3, 0.4) is 0 Å². The minimum absolute atomic E-state index is 0.121. The van der Waals surface area contributed by atoms with E-state index in [1.807, 2.05) is 0 Å². The van der Waals surface area contributed by atoms with Crippen LogP contribution in [0, 0.1) is 6.92 Å². The fourth-order valence-corrected chi connectivity index (χ4v) is 3.37. The molecule has 1 aromatic carbocycles. The summed E-state index contributed by atoms with van der Waals surface area (Å²) >= 11 is 6.10. The number of anilines is 1. The van der Waals surface area contributed by atoms with E-state index in [0.29, 0.717) is 22.9 Å². The Morgan fingerprint density at radius 1 is 1.38 bits per heavy atom. The van der Waals surface area contributed by atoms with E-state index in [1.165, 1.54) is 12.1 Å². The maximum Gasteiger partial charge on any atom is 0.262 e. The van der Waals surface area contributed by atoms with Gasteiger partial charge in [0.15, 0.2) is 0 Å². The Hall–Kier alpha value is -1.57. The second-order valence-corrected chi connectivity index (χ2v) is 6.78. The second kappa shape index (κ2) is 6.05. The molecule has 6 nitrogen and oxygen atoms in total. The van der Waals surface area contributed by atoms with E-state index >= 15 is 0 Å². The molecule has 2 N–H and O–H groups in total. The zero-order chi connectivity index (χ0) is 15.6. The van der Waals surface area contributed by atoms with Crippen LogP contribution in [-0.2, 0) is 23.6 Å². The molecule has 0 radical (unpaired) electrons. The topological polar surface area (TPSA) is 76.0 Å². The normalized spacial score (nSPS) is 11.6. The van der Waals surface area contributed by atoms with E-state index in [9.17, 15) is 8.42 Å². The van der Waals surface area contributed by atoms with Crippen LogP contribution in [0.15, 0.2) is 29.3 Å². The molecule has 8 heteroatoms. The number of aromatic nitrogens is 2. The highest BCUT2D eigenvalue weighted by atomic mass is 35.5. The average Bonchev–Trinajstić information content (AvgIpc) is 2.69. The summed E-state index contributed by atoms with van der Waals surface area (Å²) in [7, 11) is -0.155. The van der Waals surface area contributed by atoms with Crippen molar-refractivity contribution in [3.05, 3.63) is 40.7 Å². The highest BCUT2D eigenvalue weighted by Crippen LogP contribution is 2.23.